The van der Waals surface area contributed by atoms with Crippen molar-refractivity contribution in [1.29, 1.82) is 5.26 Å². The highest BCUT2D eigenvalue weighted by molar-refractivity contribution is 6.02. The SMILES string of the molecule is Cc1cc(NC2CCC(N3C(=O)CCC3=O)CC2)c(C#N)c(C)n1. The van der Waals surface area contributed by atoms with Crippen LogP contribution in [0.5, 0.6) is 0 Å². The number of nitriles is 1. The van der Waals surface area contributed by atoms with E-state index in [-0.39, 0.29) is 23.9 Å². The molecule has 24 heavy (non-hydrogen) atoms. The highest BCUT2D eigenvalue weighted by atomic mass is 16.2. The molecule has 1 N–H and O–H groups in total. The molecule has 3 rings (SSSR count). The molecule has 0 atom stereocenters. The van der Waals surface area contributed by atoms with Crippen LogP contribution in [0, 0.1) is 25.2 Å². The van der Waals surface area contributed by atoms with Gasteiger partial charge in [0.15, 0.2) is 0 Å². The number of hydrogen-bond donors (Lipinski definition) is 1. The summed E-state index contributed by atoms with van der Waals surface area (Å²) in [5, 5.41) is 12.8. The summed E-state index contributed by atoms with van der Waals surface area (Å²) >= 11 is 0. The minimum absolute atomic E-state index is 0.0245. The molecular formula is C18H22N4O2. The smallest absolute Gasteiger partial charge is 0.229 e. The number of imide groups is 1. The van der Waals surface area contributed by atoms with Crippen LogP contribution in [0.4, 0.5) is 5.69 Å². The van der Waals surface area contributed by atoms with E-state index < -0.39 is 0 Å². The maximum Gasteiger partial charge on any atom is 0.229 e. The van der Waals surface area contributed by atoms with Gasteiger partial charge in [0.05, 0.1) is 16.9 Å². The summed E-state index contributed by atoms with van der Waals surface area (Å²) < 4.78 is 0. The maximum absolute atomic E-state index is 11.9. The van der Waals surface area contributed by atoms with Gasteiger partial charge >= 0.3 is 0 Å². The molecule has 0 radical (unpaired) electrons. The summed E-state index contributed by atoms with van der Waals surface area (Å²) in [6.07, 6.45) is 4.12. The van der Waals surface area contributed by atoms with Gasteiger partial charge in [0.1, 0.15) is 6.07 Å². The van der Waals surface area contributed by atoms with E-state index in [1.807, 2.05) is 19.9 Å². The Morgan fingerprint density at radius 3 is 2.38 bits per heavy atom. The Morgan fingerprint density at radius 2 is 1.79 bits per heavy atom. The number of rotatable bonds is 3. The highest BCUT2D eigenvalue weighted by Crippen LogP contribution is 2.30. The third-order valence-electron chi connectivity index (χ3n) is 4.95. The summed E-state index contributed by atoms with van der Waals surface area (Å²) in [4.78, 5) is 29.5. The number of aryl methyl sites for hydroxylation is 2. The van der Waals surface area contributed by atoms with Gasteiger partial charge in [0.25, 0.3) is 0 Å². The van der Waals surface area contributed by atoms with Crippen molar-refractivity contribution in [3.05, 3.63) is 23.0 Å². The zero-order valence-corrected chi connectivity index (χ0v) is 14.1. The Morgan fingerprint density at radius 1 is 1.17 bits per heavy atom. The highest BCUT2D eigenvalue weighted by Gasteiger charge is 2.36. The lowest BCUT2D eigenvalue weighted by molar-refractivity contribution is -0.141. The lowest BCUT2D eigenvalue weighted by Gasteiger charge is -2.34. The van der Waals surface area contributed by atoms with Crippen molar-refractivity contribution in [2.24, 2.45) is 0 Å². The van der Waals surface area contributed by atoms with Crippen LogP contribution in [0.3, 0.4) is 0 Å². The second-order valence-corrected chi connectivity index (χ2v) is 6.69. The molecule has 0 spiro atoms. The molecule has 1 aromatic rings. The van der Waals surface area contributed by atoms with E-state index in [0.29, 0.717) is 18.4 Å². The lowest BCUT2D eigenvalue weighted by Crippen LogP contribution is -2.43. The average molecular weight is 326 g/mol. The van der Waals surface area contributed by atoms with E-state index in [1.54, 1.807) is 0 Å². The van der Waals surface area contributed by atoms with Gasteiger partial charge in [-0.05, 0) is 45.6 Å². The molecular weight excluding hydrogens is 304 g/mol. The average Bonchev–Trinajstić information content (AvgIpc) is 2.87. The Bertz CT molecular complexity index is 698. The molecule has 2 heterocycles. The Hall–Kier alpha value is -2.42. The second kappa shape index (κ2) is 6.60. The van der Waals surface area contributed by atoms with E-state index in [4.69, 9.17) is 0 Å². The molecule has 6 nitrogen and oxygen atoms in total. The van der Waals surface area contributed by atoms with Gasteiger partial charge in [0.2, 0.25) is 11.8 Å². The molecule has 1 saturated heterocycles. The molecule has 1 aliphatic heterocycles. The van der Waals surface area contributed by atoms with E-state index in [1.165, 1.54) is 4.90 Å². The minimum atomic E-state index is -0.0245. The van der Waals surface area contributed by atoms with E-state index in [2.05, 4.69) is 16.4 Å². The number of carbonyl (C=O) groups is 2. The Kier molecular flexibility index (Phi) is 4.52. The van der Waals surface area contributed by atoms with Crippen molar-refractivity contribution >= 4 is 17.5 Å². The van der Waals surface area contributed by atoms with Crippen LogP contribution in [-0.2, 0) is 9.59 Å². The van der Waals surface area contributed by atoms with Crippen molar-refractivity contribution < 1.29 is 9.59 Å². The summed E-state index contributed by atoms with van der Waals surface area (Å²) in [7, 11) is 0. The first-order valence-electron chi connectivity index (χ1n) is 8.49. The number of pyridine rings is 1. The van der Waals surface area contributed by atoms with Crippen LogP contribution in [0.2, 0.25) is 0 Å². The molecule has 1 saturated carbocycles. The Labute approximate surface area is 141 Å². The van der Waals surface area contributed by atoms with Crippen LogP contribution in [0.1, 0.15) is 55.5 Å². The summed E-state index contributed by atoms with van der Waals surface area (Å²) in [5.74, 6) is -0.0490. The number of likely N-dealkylation sites (tertiary alicyclic amines) is 1. The van der Waals surface area contributed by atoms with Crippen molar-refractivity contribution in [2.45, 2.75) is 64.5 Å². The zero-order valence-electron chi connectivity index (χ0n) is 14.1. The number of nitrogens with one attached hydrogen (secondary N) is 1. The molecule has 0 unspecified atom stereocenters. The first-order valence-corrected chi connectivity index (χ1v) is 8.49. The molecule has 1 aromatic heterocycles. The number of anilines is 1. The monoisotopic (exact) mass is 326 g/mol. The van der Waals surface area contributed by atoms with Gasteiger partial charge in [-0.2, -0.15) is 5.26 Å². The van der Waals surface area contributed by atoms with Gasteiger partial charge in [-0.3, -0.25) is 19.5 Å². The number of nitrogens with zero attached hydrogens (tertiary/aromatic N) is 3. The van der Waals surface area contributed by atoms with Gasteiger partial charge in [-0.1, -0.05) is 0 Å². The van der Waals surface area contributed by atoms with Gasteiger partial charge in [0, 0.05) is 30.6 Å². The summed E-state index contributed by atoms with van der Waals surface area (Å²) in [6, 6.07) is 4.43. The summed E-state index contributed by atoms with van der Waals surface area (Å²) in [5.41, 5.74) is 3.05. The number of hydrogen-bond acceptors (Lipinski definition) is 5. The largest absolute Gasteiger partial charge is 0.381 e. The number of amides is 2. The fourth-order valence-electron chi connectivity index (χ4n) is 3.78. The summed E-state index contributed by atoms with van der Waals surface area (Å²) in [6.45, 7) is 3.76. The standard InChI is InChI=1S/C18H22N4O2/c1-11-9-16(15(10-19)12(2)20-11)21-13-3-5-14(6-4-13)22-17(23)7-8-18(22)24/h9,13-14H,3-8H2,1-2H3,(H,20,21). The topological polar surface area (TPSA) is 86.1 Å². The van der Waals surface area contributed by atoms with E-state index in [0.717, 1.165) is 42.8 Å². The first kappa shape index (κ1) is 16.4. The van der Waals surface area contributed by atoms with Crippen molar-refractivity contribution in [2.75, 3.05) is 5.32 Å². The van der Waals surface area contributed by atoms with Crippen molar-refractivity contribution in [1.82, 2.24) is 9.88 Å². The van der Waals surface area contributed by atoms with Crippen LogP contribution in [-0.4, -0.2) is 33.8 Å². The third-order valence-corrected chi connectivity index (χ3v) is 4.95. The minimum Gasteiger partial charge on any atom is -0.381 e. The fraction of sp³-hybridized carbons (Fsp3) is 0.556. The maximum atomic E-state index is 11.9. The molecule has 1 aliphatic carbocycles. The van der Waals surface area contributed by atoms with Crippen LogP contribution >= 0.6 is 0 Å². The number of carbonyl (C=O) groups excluding carboxylic acids is 2. The zero-order chi connectivity index (χ0) is 17.3. The molecule has 2 fully saturated rings. The molecule has 2 amide bonds. The fourth-order valence-corrected chi connectivity index (χ4v) is 3.78. The van der Waals surface area contributed by atoms with Crippen LogP contribution in [0.15, 0.2) is 6.07 Å². The van der Waals surface area contributed by atoms with E-state index in [9.17, 15) is 14.9 Å². The van der Waals surface area contributed by atoms with Crippen LogP contribution in [0.25, 0.3) is 0 Å². The second-order valence-electron chi connectivity index (χ2n) is 6.69. The van der Waals surface area contributed by atoms with Crippen molar-refractivity contribution in [3.8, 4) is 6.07 Å². The van der Waals surface area contributed by atoms with Crippen LogP contribution < -0.4 is 5.32 Å². The quantitative estimate of drug-likeness (QED) is 0.862. The van der Waals surface area contributed by atoms with E-state index >= 15 is 0 Å². The van der Waals surface area contributed by atoms with Gasteiger partial charge < -0.3 is 5.32 Å². The van der Waals surface area contributed by atoms with Crippen molar-refractivity contribution in [3.63, 3.8) is 0 Å². The number of aromatic nitrogens is 1. The molecule has 2 aliphatic rings. The molecule has 0 aromatic carbocycles. The molecule has 6 heteroatoms. The molecule has 0 bridgehead atoms. The Balaban J connectivity index is 1.65. The normalized spacial score (nSPS) is 24.1. The predicted molar refractivity (Wildman–Crippen MR) is 89.2 cm³/mol. The first-order chi connectivity index (χ1) is 11.5. The lowest BCUT2D eigenvalue weighted by atomic mass is 9.90. The third kappa shape index (κ3) is 3.12. The molecule has 126 valence electrons. The predicted octanol–water partition coefficient (Wildman–Crippen LogP) is 2.44. The van der Waals surface area contributed by atoms with Gasteiger partial charge in [-0.25, -0.2) is 0 Å². The van der Waals surface area contributed by atoms with Gasteiger partial charge in [-0.15, -0.1) is 0 Å².